The number of hydrogen-bond donors (Lipinski definition) is 1. The number of carbonyl (C=O) groups is 1. The zero-order valence-electron chi connectivity index (χ0n) is 8.15. The molecule has 0 amide bonds. The Kier molecular flexibility index (Phi) is 7.77. The Morgan fingerprint density at radius 2 is 1.69 bits per heavy atom. The number of halogens is 3. The summed E-state index contributed by atoms with van der Waals surface area (Å²) >= 11 is -5.83. The second kappa shape index (κ2) is 6.95. The molecule has 0 heterocycles. The van der Waals surface area contributed by atoms with Gasteiger partial charge >= 0.3 is 65.7 Å². The summed E-state index contributed by atoms with van der Waals surface area (Å²) in [6.07, 6.45) is -3.61. The normalized spacial score (nSPS) is 11.7. The molecule has 0 spiro atoms. The first-order valence-electron chi connectivity index (χ1n) is 3.35. The molecule has 0 aliphatic carbocycles. The first-order chi connectivity index (χ1) is 6.83. The van der Waals surface area contributed by atoms with Crippen LogP contribution in [0.1, 0.15) is 6.42 Å². The molecule has 0 bridgehead atoms. The molecule has 11 heteroatoms. The average molecular weight is 306 g/mol. The third kappa shape index (κ3) is 23.4. The fourth-order valence-electron chi connectivity index (χ4n) is 0.311. The van der Waals surface area contributed by atoms with E-state index in [1.165, 1.54) is 0 Å². The van der Waals surface area contributed by atoms with E-state index in [2.05, 4.69) is 3.79 Å². The zero-order valence-corrected chi connectivity index (χ0v) is 10.2. The predicted octanol–water partition coefficient (Wildman–Crippen LogP) is 0.144. The number of alkyl halides is 3. The van der Waals surface area contributed by atoms with Crippen molar-refractivity contribution in [3.05, 3.63) is 0 Å². The summed E-state index contributed by atoms with van der Waals surface area (Å²) in [5.74, 6) is -2.05. The van der Waals surface area contributed by atoms with Crippen molar-refractivity contribution in [1.29, 1.82) is 0 Å². The molecule has 0 aromatic carbocycles. The van der Waals surface area contributed by atoms with Crippen LogP contribution in [0.3, 0.4) is 0 Å². The fourth-order valence-corrected chi connectivity index (χ4v) is 0.769. The van der Waals surface area contributed by atoms with Crippen molar-refractivity contribution in [2.75, 3.05) is 12.5 Å². The van der Waals surface area contributed by atoms with Gasteiger partial charge in [-0.3, -0.25) is 4.21 Å². The molecule has 0 aliphatic heterocycles. The second-order valence-corrected chi connectivity index (χ2v) is 5.50. The Balaban J connectivity index is 0. The second-order valence-electron chi connectivity index (χ2n) is 2.42. The van der Waals surface area contributed by atoms with E-state index >= 15 is 0 Å². The van der Waals surface area contributed by atoms with Gasteiger partial charge in [0, 0.05) is 23.3 Å². The molecule has 0 fully saturated rings. The number of rotatable bonds is 2. The van der Waals surface area contributed by atoms with Crippen LogP contribution in [-0.2, 0) is 40.6 Å². The van der Waals surface area contributed by atoms with Gasteiger partial charge in [0.25, 0.3) is 0 Å². The van der Waals surface area contributed by atoms with E-state index in [9.17, 15) is 29.8 Å². The molecule has 0 aromatic rings. The summed E-state index contributed by atoms with van der Waals surface area (Å²) in [4.78, 5) is 10.0. The van der Waals surface area contributed by atoms with Gasteiger partial charge in [-0.1, -0.05) is 0 Å². The van der Waals surface area contributed by atoms with Gasteiger partial charge in [-0.05, 0) is 0 Å². The van der Waals surface area contributed by atoms with Crippen molar-refractivity contribution < 1.29 is 51.3 Å². The topological polar surface area (TPSA) is 97.7 Å². The van der Waals surface area contributed by atoms with Crippen LogP contribution in [0.15, 0.2) is 0 Å². The van der Waals surface area contributed by atoms with E-state index in [0.717, 1.165) is 0 Å². The molecule has 0 aliphatic rings. The summed E-state index contributed by atoms with van der Waals surface area (Å²) in [5.41, 5.74) is 0. The summed E-state index contributed by atoms with van der Waals surface area (Å²) in [6, 6.07) is 0. The van der Waals surface area contributed by atoms with E-state index < -0.39 is 43.0 Å². The Hall–Kier alpha value is -0.498. The van der Waals surface area contributed by atoms with Crippen LogP contribution in [0.25, 0.3) is 0 Å². The Labute approximate surface area is 93.6 Å². The van der Waals surface area contributed by atoms with Crippen LogP contribution in [0.2, 0.25) is 0 Å². The van der Waals surface area contributed by atoms with E-state index in [1.54, 1.807) is 12.5 Å². The van der Waals surface area contributed by atoms with Crippen LogP contribution in [0.5, 0.6) is 0 Å². The minimum absolute atomic E-state index is 0.611. The first-order valence-corrected chi connectivity index (χ1v) is 7.45. The van der Waals surface area contributed by atoms with Crippen molar-refractivity contribution in [2.24, 2.45) is 0 Å². The predicted molar refractivity (Wildman–Crippen MR) is 40.3 cm³/mol. The molecular weight excluding hydrogens is 297 g/mol. The fraction of sp³-hybridized carbons (Fsp3) is 0.800. The Bertz CT molecular complexity index is 344. The maximum atomic E-state index is 11.3. The van der Waals surface area contributed by atoms with Crippen LogP contribution < -0.4 is 0 Å². The molecule has 0 atom stereocenters. The van der Waals surface area contributed by atoms with E-state index in [-0.39, 0.29) is 0 Å². The summed E-state index contributed by atoms with van der Waals surface area (Å²) in [7, 11) is -0.611. The molecule has 0 unspecified atom stereocenters. The maximum absolute atomic E-state index is 11.3. The standard InChI is InChI=1S/C3H3F3O2.C2H6OS.Cr.H2O.2O/c4-3(5,6)1-2(7)8;1-4(2)3;;;;/h1H2,(H,7,8);1-2H3;;1H2;;/q;;+2;;;/p-2. The molecule has 0 rings (SSSR count). The van der Waals surface area contributed by atoms with Crippen molar-refractivity contribution in [3.8, 4) is 0 Å². The molecule has 1 N–H and O–H groups in total. The summed E-state index contributed by atoms with van der Waals surface area (Å²) in [6.45, 7) is 0. The third-order valence-corrected chi connectivity index (χ3v) is 1.16. The molecule has 98 valence electrons. The first kappa shape index (κ1) is 17.9. The Morgan fingerprint density at radius 1 is 1.38 bits per heavy atom. The minimum atomic E-state index is -5.83. The average Bonchev–Trinajstić information content (AvgIpc) is 1.72. The quantitative estimate of drug-likeness (QED) is 0.779. The molecule has 0 radical (unpaired) electrons. The van der Waals surface area contributed by atoms with Gasteiger partial charge in [0.15, 0.2) is 0 Å². The van der Waals surface area contributed by atoms with Crippen molar-refractivity contribution in [2.45, 2.75) is 12.6 Å². The van der Waals surface area contributed by atoms with Crippen LogP contribution >= 0.6 is 0 Å². The van der Waals surface area contributed by atoms with Crippen molar-refractivity contribution in [1.82, 2.24) is 0 Å². The van der Waals surface area contributed by atoms with Gasteiger partial charge in [0.2, 0.25) is 0 Å². The SMILES string of the molecule is CS(C)=O.O=C(CC(F)(F)F)[O][Cr](=[O])(=[O])[OH]. The van der Waals surface area contributed by atoms with Crippen molar-refractivity contribution in [3.63, 3.8) is 0 Å². The zero-order chi connectivity index (χ0) is 13.6. The van der Waals surface area contributed by atoms with E-state index in [4.69, 9.17) is 4.16 Å². The third-order valence-electron chi connectivity index (χ3n) is 0.543. The number of hydrogen-bond acceptors (Lipinski definition) is 5. The van der Waals surface area contributed by atoms with Gasteiger partial charge in [0.05, 0.1) is 0 Å². The summed E-state index contributed by atoms with van der Waals surface area (Å²) < 4.78 is 73.9. The van der Waals surface area contributed by atoms with E-state index in [0.29, 0.717) is 0 Å². The molecular formula is C5H9CrF3O6S. The summed E-state index contributed by atoms with van der Waals surface area (Å²) in [5, 5.41) is 0. The van der Waals surface area contributed by atoms with Crippen LogP contribution in [0, 0.1) is 0 Å². The molecule has 0 aromatic heterocycles. The van der Waals surface area contributed by atoms with Gasteiger partial charge < -0.3 is 0 Å². The van der Waals surface area contributed by atoms with Gasteiger partial charge in [-0.15, -0.1) is 0 Å². The van der Waals surface area contributed by atoms with Crippen LogP contribution in [-0.4, -0.2) is 33.0 Å². The molecule has 0 saturated carbocycles. The van der Waals surface area contributed by atoms with Gasteiger partial charge in [0.1, 0.15) is 0 Å². The molecule has 0 saturated heterocycles. The molecule has 6 nitrogen and oxygen atoms in total. The molecule has 16 heavy (non-hydrogen) atoms. The van der Waals surface area contributed by atoms with E-state index in [1.807, 2.05) is 0 Å². The van der Waals surface area contributed by atoms with Gasteiger partial charge in [-0.25, -0.2) is 0 Å². The monoisotopic (exact) mass is 306 g/mol. The number of carbonyl (C=O) groups excluding carboxylic acids is 1. The van der Waals surface area contributed by atoms with Crippen LogP contribution in [0.4, 0.5) is 13.2 Å². The van der Waals surface area contributed by atoms with Crippen molar-refractivity contribution >= 4 is 16.8 Å². The Morgan fingerprint density at radius 3 is 1.88 bits per heavy atom. The van der Waals surface area contributed by atoms with Gasteiger partial charge in [-0.2, -0.15) is 0 Å².